The highest BCUT2D eigenvalue weighted by Crippen LogP contribution is 2.36. The molecule has 3 atom stereocenters. The van der Waals surface area contributed by atoms with Crippen LogP contribution in [0.2, 0.25) is 0 Å². The summed E-state index contributed by atoms with van der Waals surface area (Å²) in [5.41, 5.74) is 0.931. The molecule has 1 aliphatic rings. The van der Waals surface area contributed by atoms with Gasteiger partial charge in [0.15, 0.2) is 5.78 Å². The zero-order chi connectivity index (χ0) is 16.7. The molecule has 0 fully saturated rings. The zero-order valence-corrected chi connectivity index (χ0v) is 13.3. The van der Waals surface area contributed by atoms with Crippen molar-refractivity contribution < 1.29 is 22.2 Å². The van der Waals surface area contributed by atoms with Crippen LogP contribution in [0.3, 0.4) is 0 Å². The minimum atomic E-state index is -4.65. The molecule has 122 valence electrons. The Labute approximate surface area is 129 Å². The fourth-order valence-electron chi connectivity index (χ4n) is 2.41. The van der Waals surface area contributed by atoms with Gasteiger partial charge in [-0.1, -0.05) is 24.3 Å². The maximum Gasteiger partial charge on any atom is 0.405 e. The molecule has 0 aromatic heterocycles. The Balaban J connectivity index is 2.30. The number of ketones is 1. The Bertz CT molecular complexity index is 608. The average Bonchev–Trinajstić information content (AvgIpc) is 2.71. The first-order valence-electron chi connectivity index (χ1n) is 6.88. The quantitative estimate of drug-likeness (QED) is 0.924. The zero-order valence-electron chi connectivity index (χ0n) is 12.5. The minimum absolute atomic E-state index is 0.00747. The first kappa shape index (κ1) is 17.1. The number of rotatable bonds is 3. The number of hydrogen-bond acceptors (Lipinski definition) is 2. The predicted molar refractivity (Wildman–Crippen MR) is 78.8 cm³/mol. The number of carbonyl (C=O) groups is 1. The summed E-state index contributed by atoms with van der Waals surface area (Å²) in [5, 5.41) is 0. The van der Waals surface area contributed by atoms with Crippen LogP contribution in [-0.2, 0) is 17.4 Å². The van der Waals surface area contributed by atoms with Gasteiger partial charge in [-0.2, -0.15) is 13.2 Å². The lowest BCUT2D eigenvalue weighted by molar-refractivity contribution is -0.158. The molecule has 0 aliphatic heterocycles. The van der Waals surface area contributed by atoms with Gasteiger partial charge >= 0.3 is 6.18 Å². The van der Waals surface area contributed by atoms with E-state index in [0.717, 1.165) is 0 Å². The first-order valence-corrected chi connectivity index (χ1v) is 8.03. The fraction of sp³-hybridized carbons (Fsp3) is 0.533. The van der Waals surface area contributed by atoms with Crippen molar-refractivity contribution in [1.82, 2.24) is 4.72 Å². The van der Waals surface area contributed by atoms with Crippen molar-refractivity contribution in [3.05, 3.63) is 35.4 Å². The van der Waals surface area contributed by atoms with E-state index in [2.05, 4.69) is 4.72 Å². The van der Waals surface area contributed by atoms with Crippen LogP contribution in [0.15, 0.2) is 24.3 Å². The van der Waals surface area contributed by atoms with Gasteiger partial charge in [0.25, 0.3) is 0 Å². The van der Waals surface area contributed by atoms with Gasteiger partial charge < -0.3 is 0 Å². The molecule has 0 saturated carbocycles. The van der Waals surface area contributed by atoms with Gasteiger partial charge in [-0.05, 0) is 32.8 Å². The monoisotopic (exact) mass is 333 g/mol. The van der Waals surface area contributed by atoms with Crippen molar-refractivity contribution in [3.8, 4) is 0 Å². The van der Waals surface area contributed by atoms with Crippen molar-refractivity contribution in [3.63, 3.8) is 0 Å². The summed E-state index contributed by atoms with van der Waals surface area (Å²) >= 11 is 0. The lowest BCUT2D eigenvalue weighted by Gasteiger charge is -2.29. The molecule has 0 heterocycles. The highest BCUT2D eigenvalue weighted by atomic mass is 32.2. The van der Waals surface area contributed by atoms with Crippen LogP contribution in [0.4, 0.5) is 13.2 Å². The number of nitrogens with one attached hydrogen (secondary N) is 1. The Morgan fingerprint density at radius 3 is 2.32 bits per heavy atom. The van der Waals surface area contributed by atoms with Crippen molar-refractivity contribution in [2.75, 3.05) is 0 Å². The topological polar surface area (TPSA) is 46.2 Å². The molecule has 0 bridgehead atoms. The van der Waals surface area contributed by atoms with Gasteiger partial charge in [-0.15, -0.1) is 0 Å². The molecular formula is C15H18F3NO2S. The van der Waals surface area contributed by atoms with Gasteiger partial charge in [0.05, 0.1) is 21.7 Å². The van der Waals surface area contributed by atoms with Crippen LogP contribution in [-0.4, -0.2) is 27.0 Å². The lowest BCUT2D eigenvalue weighted by atomic mass is 9.96. The van der Waals surface area contributed by atoms with Gasteiger partial charge in [-0.3, -0.25) is 4.79 Å². The van der Waals surface area contributed by atoms with Gasteiger partial charge in [0.2, 0.25) is 0 Å². The second-order valence-electron chi connectivity index (χ2n) is 6.35. The van der Waals surface area contributed by atoms with E-state index in [-0.39, 0.29) is 6.42 Å². The first-order chi connectivity index (χ1) is 10.0. The van der Waals surface area contributed by atoms with E-state index in [1.807, 2.05) is 0 Å². The Kier molecular flexibility index (Phi) is 4.50. The van der Waals surface area contributed by atoms with Crippen molar-refractivity contribution >= 4 is 16.8 Å². The molecular weight excluding hydrogens is 315 g/mol. The maximum atomic E-state index is 13.4. The van der Waals surface area contributed by atoms with Crippen molar-refractivity contribution in [1.29, 1.82) is 0 Å². The molecule has 7 heteroatoms. The summed E-state index contributed by atoms with van der Waals surface area (Å²) in [6.07, 6.45) is -4.64. The molecule has 2 rings (SSSR count). The Morgan fingerprint density at radius 2 is 1.82 bits per heavy atom. The fourth-order valence-corrected chi connectivity index (χ4v) is 3.29. The van der Waals surface area contributed by atoms with Crippen LogP contribution in [0, 0.1) is 5.92 Å². The van der Waals surface area contributed by atoms with E-state index in [1.54, 1.807) is 39.0 Å². The molecule has 1 aromatic rings. The van der Waals surface area contributed by atoms with Crippen LogP contribution in [0.5, 0.6) is 0 Å². The number of carbonyl (C=O) groups excluding carboxylic acids is 1. The van der Waals surface area contributed by atoms with Gasteiger partial charge in [0.1, 0.15) is 6.04 Å². The molecule has 0 saturated heterocycles. The number of benzene rings is 1. The average molecular weight is 333 g/mol. The maximum absolute atomic E-state index is 13.4. The summed E-state index contributed by atoms with van der Waals surface area (Å²) in [6, 6.07) is 4.39. The van der Waals surface area contributed by atoms with E-state index in [4.69, 9.17) is 0 Å². The molecule has 0 spiro atoms. The van der Waals surface area contributed by atoms with Crippen LogP contribution >= 0.6 is 0 Å². The third-order valence-corrected chi connectivity index (χ3v) is 5.19. The summed E-state index contributed by atoms with van der Waals surface area (Å²) in [5.74, 6) is -1.82. The number of fused-ring (bicyclic) bond motifs is 1. The van der Waals surface area contributed by atoms with E-state index < -0.39 is 39.7 Å². The number of hydrogen-bond donors (Lipinski definition) is 1. The van der Waals surface area contributed by atoms with Gasteiger partial charge in [0, 0.05) is 5.56 Å². The standard InChI is InChI=1S/C15H18F3NO2S/c1-14(2,3)22(21)19-13(15(16,17)18)11-8-9-6-4-5-7-10(9)12(11)20/h4-7,11,13,19H,8H2,1-3H3/t11-,13+,22+/m0/s1. The number of alkyl halides is 3. The number of halogens is 3. The predicted octanol–water partition coefficient (Wildman–Crippen LogP) is 3.02. The highest BCUT2D eigenvalue weighted by Gasteiger charge is 2.51. The van der Waals surface area contributed by atoms with Crippen LogP contribution < -0.4 is 4.72 Å². The summed E-state index contributed by atoms with van der Waals surface area (Å²) in [7, 11) is -1.91. The summed E-state index contributed by atoms with van der Waals surface area (Å²) in [6.45, 7) is 4.73. The van der Waals surface area contributed by atoms with E-state index in [0.29, 0.717) is 11.1 Å². The molecule has 0 radical (unpaired) electrons. The summed E-state index contributed by atoms with van der Waals surface area (Å²) < 4.78 is 53.4. The molecule has 1 N–H and O–H groups in total. The molecule has 3 nitrogen and oxygen atoms in total. The van der Waals surface area contributed by atoms with E-state index in [9.17, 15) is 22.2 Å². The third kappa shape index (κ3) is 3.41. The van der Waals surface area contributed by atoms with E-state index >= 15 is 0 Å². The molecule has 1 aliphatic carbocycles. The number of Topliss-reactive ketones (excluding diaryl/α,β-unsaturated/α-hetero) is 1. The third-order valence-electron chi connectivity index (χ3n) is 3.60. The SMILES string of the molecule is CC(C)(C)[S@@](=O)N[C@H]([C@H]1Cc2ccccc2C1=O)C(F)(F)F. The highest BCUT2D eigenvalue weighted by molar-refractivity contribution is 7.84. The normalized spacial score (nSPS) is 21.5. The minimum Gasteiger partial charge on any atom is -0.294 e. The molecule has 22 heavy (non-hydrogen) atoms. The van der Waals surface area contributed by atoms with Crippen molar-refractivity contribution in [2.24, 2.45) is 5.92 Å². The van der Waals surface area contributed by atoms with Crippen LogP contribution in [0.1, 0.15) is 36.7 Å². The second kappa shape index (κ2) is 5.77. The largest absolute Gasteiger partial charge is 0.405 e. The lowest BCUT2D eigenvalue weighted by Crippen LogP contribution is -2.53. The Hall–Kier alpha value is -1.21. The van der Waals surface area contributed by atoms with Crippen molar-refractivity contribution in [2.45, 2.75) is 44.2 Å². The molecule has 0 amide bonds. The van der Waals surface area contributed by atoms with Crippen LogP contribution in [0.25, 0.3) is 0 Å². The second-order valence-corrected chi connectivity index (χ2v) is 8.35. The summed E-state index contributed by atoms with van der Waals surface area (Å²) in [4.78, 5) is 12.3. The van der Waals surface area contributed by atoms with E-state index in [1.165, 1.54) is 6.07 Å². The Morgan fingerprint density at radius 1 is 1.23 bits per heavy atom. The van der Waals surface area contributed by atoms with Gasteiger partial charge in [-0.25, -0.2) is 8.93 Å². The smallest absolute Gasteiger partial charge is 0.294 e. The molecule has 1 aromatic carbocycles. The molecule has 0 unspecified atom stereocenters.